The van der Waals surface area contributed by atoms with Gasteiger partial charge in [0.2, 0.25) is 0 Å². The number of thiophene rings is 1. The second kappa shape index (κ2) is 13.1. The second-order valence-electron chi connectivity index (χ2n) is 3.05. The number of hydrogen-bond donors (Lipinski definition) is 0. The Balaban J connectivity index is 0.000000289. The van der Waals surface area contributed by atoms with E-state index in [2.05, 4.69) is 54.3 Å². The summed E-state index contributed by atoms with van der Waals surface area (Å²) in [6, 6.07) is 14.7. The molecule has 0 amide bonds. The maximum atomic E-state index is 2.15. The molecule has 0 nitrogen and oxygen atoms in total. The first kappa shape index (κ1) is 17.6. The van der Waals surface area contributed by atoms with Gasteiger partial charge in [-0.3, -0.25) is 0 Å². The molecule has 0 aliphatic carbocycles. The highest BCUT2D eigenvalue weighted by atomic mass is 32.2. The van der Waals surface area contributed by atoms with Gasteiger partial charge in [0.15, 0.2) is 0 Å². The molecular formula is C15H22S3. The highest BCUT2D eigenvalue weighted by Crippen LogP contribution is 2.19. The Kier molecular flexibility index (Phi) is 12.8. The van der Waals surface area contributed by atoms with Crippen molar-refractivity contribution in [1.82, 2.24) is 0 Å². The van der Waals surface area contributed by atoms with Crippen LogP contribution in [0, 0.1) is 0 Å². The maximum Gasteiger partial charge on any atom is 0.0595 e. The van der Waals surface area contributed by atoms with Crippen LogP contribution >= 0.6 is 34.9 Å². The van der Waals surface area contributed by atoms with E-state index in [9.17, 15) is 0 Å². The molecule has 0 N–H and O–H groups in total. The van der Waals surface area contributed by atoms with E-state index < -0.39 is 0 Å². The van der Waals surface area contributed by atoms with Gasteiger partial charge in [0.25, 0.3) is 0 Å². The smallest absolute Gasteiger partial charge is 0.0595 e. The van der Waals surface area contributed by atoms with Gasteiger partial charge < -0.3 is 0 Å². The van der Waals surface area contributed by atoms with Crippen LogP contribution in [0.2, 0.25) is 0 Å². The van der Waals surface area contributed by atoms with Gasteiger partial charge in [-0.2, -0.15) is 11.8 Å². The van der Waals surface area contributed by atoms with Crippen molar-refractivity contribution in [3.05, 3.63) is 53.4 Å². The Morgan fingerprint density at radius 2 is 1.61 bits per heavy atom. The summed E-state index contributed by atoms with van der Waals surface area (Å²) in [7, 11) is 0. The zero-order valence-corrected chi connectivity index (χ0v) is 14.0. The Bertz CT molecular complexity index is 354. The van der Waals surface area contributed by atoms with Gasteiger partial charge in [-0.1, -0.05) is 50.2 Å². The van der Waals surface area contributed by atoms with Crippen LogP contribution in [0.3, 0.4) is 0 Å². The molecule has 0 radical (unpaired) electrons. The highest BCUT2D eigenvalue weighted by molar-refractivity contribution is 8.00. The zero-order chi connectivity index (χ0) is 13.6. The van der Waals surface area contributed by atoms with E-state index in [1.54, 1.807) is 23.1 Å². The van der Waals surface area contributed by atoms with E-state index in [1.165, 1.54) is 9.77 Å². The molecule has 1 heterocycles. The minimum absolute atomic E-state index is 1.13. The lowest BCUT2D eigenvalue weighted by Gasteiger charge is -1.93. The van der Waals surface area contributed by atoms with E-state index in [1.807, 2.05) is 31.7 Å². The summed E-state index contributed by atoms with van der Waals surface area (Å²) in [5.41, 5.74) is 1.41. The molecule has 0 unspecified atom stereocenters. The summed E-state index contributed by atoms with van der Waals surface area (Å²) in [4.78, 5) is 0. The summed E-state index contributed by atoms with van der Waals surface area (Å²) >= 11 is 5.43. The molecule has 0 aliphatic rings. The van der Waals surface area contributed by atoms with Crippen LogP contribution in [-0.2, 0) is 5.75 Å². The van der Waals surface area contributed by atoms with Crippen LogP contribution in [0.1, 0.15) is 19.4 Å². The molecule has 18 heavy (non-hydrogen) atoms. The fourth-order valence-corrected chi connectivity index (χ4v) is 2.86. The molecule has 3 heteroatoms. The number of thioether (sulfide) groups is 2. The van der Waals surface area contributed by atoms with Crippen LogP contribution in [-0.4, -0.2) is 12.5 Å². The molecule has 100 valence electrons. The monoisotopic (exact) mass is 298 g/mol. The number of benzene rings is 1. The summed E-state index contributed by atoms with van der Waals surface area (Å²) in [6.45, 7) is 4.00. The normalized spacial score (nSPS) is 8.67. The van der Waals surface area contributed by atoms with Gasteiger partial charge in [-0.15, -0.1) is 23.1 Å². The third kappa shape index (κ3) is 8.67. The van der Waals surface area contributed by atoms with Crippen molar-refractivity contribution >= 4 is 34.9 Å². The van der Waals surface area contributed by atoms with E-state index in [-0.39, 0.29) is 0 Å². The Hall–Kier alpha value is -0.380. The zero-order valence-electron chi connectivity index (χ0n) is 11.6. The van der Waals surface area contributed by atoms with E-state index in [0.717, 1.165) is 5.75 Å². The maximum absolute atomic E-state index is 2.15. The number of rotatable bonds is 3. The van der Waals surface area contributed by atoms with E-state index in [4.69, 9.17) is 0 Å². The molecule has 2 aromatic rings. The molecular weight excluding hydrogens is 276 g/mol. The van der Waals surface area contributed by atoms with Crippen LogP contribution in [0.4, 0.5) is 0 Å². The molecule has 0 atom stereocenters. The number of hydrogen-bond acceptors (Lipinski definition) is 3. The lowest BCUT2D eigenvalue weighted by Crippen LogP contribution is -1.74. The SMILES string of the molecule is CC.CSCc1ccccc1.CSc1cccs1. The van der Waals surface area contributed by atoms with Crippen molar-refractivity contribution in [2.45, 2.75) is 23.8 Å². The average molecular weight is 299 g/mol. The lowest BCUT2D eigenvalue weighted by molar-refractivity contribution is 1.42. The van der Waals surface area contributed by atoms with Gasteiger partial charge in [0.1, 0.15) is 0 Å². The van der Waals surface area contributed by atoms with Gasteiger partial charge >= 0.3 is 0 Å². The highest BCUT2D eigenvalue weighted by Gasteiger charge is 1.85. The van der Waals surface area contributed by atoms with E-state index >= 15 is 0 Å². The predicted molar refractivity (Wildman–Crippen MR) is 91.1 cm³/mol. The van der Waals surface area contributed by atoms with Crippen molar-refractivity contribution in [1.29, 1.82) is 0 Å². The fraction of sp³-hybridized carbons (Fsp3) is 0.333. The molecule has 1 aromatic heterocycles. The Morgan fingerprint density at radius 3 is 2.00 bits per heavy atom. The van der Waals surface area contributed by atoms with Crippen LogP contribution in [0.15, 0.2) is 52.1 Å². The lowest BCUT2D eigenvalue weighted by atomic mass is 10.2. The van der Waals surface area contributed by atoms with Gasteiger partial charge in [-0.05, 0) is 29.5 Å². The van der Waals surface area contributed by atoms with Crippen molar-refractivity contribution in [2.24, 2.45) is 0 Å². The average Bonchev–Trinajstić information content (AvgIpc) is 2.97. The summed E-state index contributed by atoms with van der Waals surface area (Å²) in [5.74, 6) is 1.13. The standard InChI is InChI=1S/C8H10S.C5H6S2.C2H6/c1-9-7-8-5-3-2-4-6-8;1-6-5-3-2-4-7-5;1-2/h2-6H,7H2,1H3;2-4H,1H3;1-2H3. The van der Waals surface area contributed by atoms with E-state index in [0.29, 0.717) is 0 Å². The first-order chi connectivity index (χ1) is 8.86. The van der Waals surface area contributed by atoms with Crippen molar-refractivity contribution in [3.63, 3.8) is 0 Å². The van der Waals surface area contributed by atoms with Crippen LogP contribution in [0.25, 0.3) is 0 Å². The Morgan fingerprint density at radius 1 is 0.944 bits per heavy atom. The quantitative estimate of drug-likeness (QED) is 0.633. The molecule has 0 bridgehead atoms. The minimum Gasteiger partial charge on any atom is -0.161 e. The Labute approximate surface area is 124 Å². The molecule has 0 fully saturated rings. The summed E-state index contributed by atoms with van der Waals surface area (Å²) in [6.07, 6.45) is 4.21. The van der Waals surface area contributed by atoms with Crippen molar-refractivity contribution in [3.8, 4) is 0 Å². The first-order valence-electron chi connectivity index (χ1n) is 5.97. The molecule has 0 saturated heterocycles. The van der Waals surface area contributed by atoms with Crippen molar-refractivity contribution in [2.75, 3.05) is 12.5 Å². The molecule has 1 aromatic carbocycles. The molecule has 0 saturated carbocycles. The first-order valence-corrected chi connectivity index (χ1v) is 9.47. The summed E-state index contributed by atoms with van der Waals surface area (Å²) < 4.78 is 1.39. The molecule has 0 aliphatic heterocycles. The third-order valence-corrected chi connectivity index (χ3v) is 4.46. The van der Waals surface area contributed by atoms with Gasteiger partial charge in [-0.25, -0.2) is 0 Å². The second-order valence-corrected chi connectivity index (χ2v) is 5.98. The molecule has 0 spiro atoms. The van der Waals surface area contributed by atoms with Crippen LogP contribution in [0.5, 0.6) is 0 Å². The van der Waals surface area contributed by atoms with Gasteiger partial charge in [0, 0.05) is 5.75 Å². The molecule has 2 rings (SSSR count). The minimum atomic E-state index is 1.13. The van der Waals surface area contributed by atoms with Crippen LogP contribution < -0.4 is 0 Å². The topological polar surface area (TPSA) is 0 Å². The summed E-state index contributed by atoms with van der Waals surface area (Å²) in [5, 5.41) is 2.09. The fourth-order valence-electron chi connectivity index (χ4n) is 1.12. The third-order valence-electron chi connectivity index (χ3n) is 1.85. The largest absolute Gasteiger partial charge is 0.161 e. The van der Waals surface area contributed by atoms with Gasteiger partial charge in [0.05, 0.1) is 4.21 Å². The predicted octanol–water partition coefficient (Wildman–Crippen LogP) is 6.05. The van der Waals surface area contributed by atoms with Crippen molar-refractivity contribution < 1.29 is 0 Å².